The van der Waals surface area contributed by atoms with Crippen LogP contribution < -0.4 is 14.5 Å². The van der Waals surface area contributed by atoms with E-state index in [0.29, 0.717) is 30.8 Å². The number of amides is 2. The molecule has 6 aromatic carbocycles. The van der Waals surface area contributed by atoms with E-state index in [2.05, 4.69) is 43.2 Å². The summed E-state index contributed by atoms with van der Waals surface area (Å²) in [7, 11) is 1.67. The third-order valence-electron chi connectivity index (χ3n) is 13.4. The number of para-hydroxylation sites is 1. The van der Waals surface area contributed by atoms with Crippen LogP contribution in [0.1, 0.15) is 71.6 Å². The van der Waals surface area contributed by atoms with Gasteiger partial charge in [0.1, 0.15) is 17.5 Å². The molecule has 1 N–H and O–H groups in total. The Labute approximate surface area is 355 Å². The van der Waals surface area contributed by atoms with Crippen molar-refractivity contribution in [1.29, 1.82) is 0 Å². The molecule has 306 valence electrons. The molecular formula is C51H47N5O5. The highest BCUT2D eigenvalue weighted by atomic mass is 16.5. The smallest absolute Gasteiger partial charge is 0.264 e. The molecule has 5 atom stereocenters. The lowest BCUT2D eigenvalue weighted by molar-refractivity contribution is -0.146. The summed E-state index contributed by atoms with van der Waals surface area (Å²) in [6.45, 7) is 7.45. The highest BCUT2D eigenvalue weighted by Gasteiger charge is 2.65. The van der Waals surface area contributed by atoms with E-state index in [1.165, 1.54) is 0 Å². The summed E-state index contributed by atoms with van der Waals surface area (Å²) < 4.78 is 14.6. The molecule has 7 aromatic rings. The molecule has 0 saturated carbocycles. The molecule has 3 aliphatic rings. The van der Waals surface area contributed by atoms with Crippen LogP contribution in [0.15, 0.2) is 146 Å². The van der Waals surface area contributed by atoms with Crippen molar-refractivity contribution in [3.05, 3.63) is 179 Å². The Morgan fingerprint density at radius 3 is 2.30 bits per heavy atom. The van der Waals surface area contributed by atoms with Crippen molar-refractivity contribution in [3.8, 4) is 5.75 Å². The summed E-state index contributed by atoms with van der Waals surface area (Å²) in [6, 6.07) is 45.4. The van der Waals surface area contributed by atoms with Crippen molar-refractivity contribution in [2.75, 3.05) is 16.9 Å². The zero-order chi connectivity index (χ0) is 42.0. The number of carbonyl (C=O) groups excluding carboxylic acids is 2. The van der Waals surface area contributed by atoms with Crippen LogP contribution in [-0.2, 0) is 33.6 Å². The normalized spacial score (nSPS) is 21.2. The lowest BCUT2D eigenvalue weighted by Crippen LogP contribution is -2.45. The molecule has 10 nitrogen and oxygen atoms in total. The molecule has 0 radical (unpaired) electrons. The van der Waals surface area contributed by atoms with Crippen molar-refractivity contribution in [3.63, 3.8) is 0 Å². The Balaban J connectivity index is 0.958. The number of nitrogens with zero attached hydrogens (tertiary/aromatic N) is 5. The van der Waals surface area contributed by atoms with E-state index in [0.717, 1.165) is 55.8 Å². The fraction of sp³-hybridized carbons (Fsp3) is 0.255. The van der Waals surface area contributed by atoms with Crippen LogP contribution in [0.3, 0.4) is 0 Å². The number of aliphatic hydroxyl groups is 1. The molecule has 0 aliphatic carbocycles. The van der Waals surface area contributed by atoms with Crippen LogP contribution in [-0.4, -0.2) is 45.1 Å². The maximum atomic E-state index is 15.4. The van der Waals surface area contributed by atoms with Crippen LogP contribution in [0.5, 0.6) is 5.75 Å². The van der Waals surface area contributed by atoms with Crippen LogP contribution in [0, 0.1) is 11.8 Å². The fourth-order valence-corrected chi connectivity index (χ4v) is 10.4. The minimum absolute atomic E-state index is 0.0479. The summed E-state index contributed by atoms with van der Waals surface area (Å²) in [6.07, 6.45) is 1.11. The molecule has 61 heavy (non-hydrogen) atoms. The first-order valence-electron chi connectivity index (χ1n) is 20.9. The number of rotatable bonds is 11. The van der Waals surface area contributed by atoms with Gasteiger partial charge in [-0.3, -0.25) is 19.2 Å². The molecule has 1 fully saturated rings. The van der Waals surface area contributed by atoms with Crippen LogP contribution in [0.4, 0.5) is 17.1 Å². The highest BCUT2D eigenvalue weighted by Crippen LogP contribution is 2.60. The summed E-state index contributed by atoms with van der Waals surface area (Å²) in [4.78, 5) is 32.7. The monoisotopic (exact) mass is 809 g/mol. The molecule has 1 saturated heterocycles. The van der Waals surface area contributed by atoms with Gasteiger partial charge in [-0.2, -0.15) is 0 Å². The largest absolute Gasteiger partial charge is 0.497 e. The molecule has 10 rings (SSSR count). The van der Waals surface area contributed by atoms with Gasteiger partial charge >= 0.3 is 0 Å². The van der Waals surface area contributed by atoms with Gasteiger partial charge in [0.15, 0.2) is 5.60 Å². The number of aliphatic hydroxyl groups excluding tert-OH is 1. The molecular weight excluding hydrogens is 763 g/mol. The van der Waals surface area contributed by atoms with Gasteiger partial charge in [-0.1, -0.05) is 123 Å². The van der Waals surface area contributed by atoms with Gasteiger partial charge in [0.2, 0.25) is 0 Å². The number of fused-ring (bicyclic) bond motifs is 2. The maximum absolute atomic E-state index is 15.4. The minimum Gasteiger partial charge on any atom is -0.497 e. The average molecular weight is 810 g/mol. The first-order valence-corrected chi connectivity index (χ1v) is 20.9. The van der Waals surface area contributed by atoms with Gasteiger partial charge in [-0.15, -0.1) is 5.10 Å². The molecule has 0 bridgehead atoms. The zero-order valence-electron chi connectivity index (χ0n) is 34.6. The van der Waals surface area contributed by atoms with Crippen molar-refractivity contribution in [2.24, 2.45) is 11.8 Å². The van der Waals surface area contributed by atoms with E-state index in [1.807, 2.05) is 132 Å². The topological polar surface area (TPSA) is 110 Å². The number of hydrogen-bond donors (Lipinski definition) is 1. The predicted octanol–water partition coefficient (Wildman–Crippen LogP) is 9.27. The molecule has 1 aromatic heterocycles. The molecule has 0 unspecified atom stereocenters. The third kappa shape index (κ3) is 6.15. The number of anilines is 3. The van der Waals surface area contributed by atoms with Gasteiger partial charge < -0.3 is 19.5 Å². The molecule has 4 heterocycles. The Morgan fingerprint density at radius 1 is 0.836 bits per heavy atom. The number of benzene rings is 6. The van der Waals surface area contributed by atoms with E-state index >= 15 is 4.79 Å². The summed E-state index contributed by atoms with van der Waals surface area (Å²) >= 11 is 0. The van der Waals surface area contributed by atoms with Gasteiger partial charge in [0.25, 0.3) is 11.8 Å². The second kappa shape index (κ2) is 14.8. The second-order valence-electron chi connectivity index (χ2n) is 17.1. The summed E-state index contributed by atoms with van der Waals surface area (Å²) in [5, 5.41) is 21.8. The predicted molar refractivity (Wildman–Crippen MR) is 235 cm³/mol. The molecule has 3 aliphatic heterocycles. The first kappa shape index (κ1) is 38.6. The Kier molecular flexibility index (Phi) is 9.38. The fourth-order valence-electron chi connectivity index (χ4n) is 10.4. The number of aryl methyl sites for hydroxylation is 1. The molecule has 10 heteroatoms. The SMILES string of the molecule is COc1ccc(C(C)(C)[C@@H]2[C@@H](CCn3cc([C@H](O)c4ccccc4)nn3)O[C@]3(C(=O)N(Cc4ccc(N5C(=O)c6cccc7cccc5c67)cc4)c4ccccc43)[C@H]2C)cc1. The van der Waals surface area contributed by atoms with E-state index < -0.39 is 17.1 Å². The van der Waals surface area contributed by atoms with Crippen molar-refractivity contribution >= 4 is 39.6 Å². The van der Waals surface area contributed by atoms with E-state index in [-0.39, 0.29) is 29.8 Å². The van der Waals surface area contributed by atoms with E-state index in [1.54, 1.807) is 22.9 Å². The average Bonchev–Trinajstić information content (AvgIpc) is 4.03. The van der Waals surface area contributed by atoms with E-state index in [9.17, 15) is 9.90 Å². The quantitative estimate of drug-likeness (QED) is 0.139. The highest BCUT2D eigenvalue weighted by molar-refractivity contribution is 6.27. The first-order chi connectivity index (χ1) is 29.6. The maximum Gasteiger partial charge on any atom is 0.264 e. The zero-order valence-corrected chi connectivity index (χ0v) is 34.6. The Bertz CT molecular complexity index is 2780. The molecule has 1 spiro atoms. The van der Waals surface area contributed by atoms with Crippen molar-refractivity contribution in [1.82, 2.24) is 15.0 Å². The number of hydrogen-bond acceptors (Lipinski definition) is 7. The second-order valence-corrected chi connectivity index (χ2v) is 17.1. The minimum atomic E-state index is -1.24. The number of ether oxygens (including phenoxy) is 2. The molecule has 2 amide bonds. The number of carbonyl (C=O) groups is 2. The van der Waals surface area contributed by atoms with Crippen LogP contribution >= 0.6 is 0 Å². The van der Waals surface area contributed by atoms with Gasteiger partial charge in [0, 0.05) is 35.0 Å². The Morgan fingerprint density at radius 2 is 1.54 bits per heavy atom. The van der Waals surface area contributed by atoms with Gasteiger partial charge in [-0.05, 0) is 76.4 Å². The van der Waals surface area contributed by atoms with Crippen molar-refractivity contribution < 1.29 is 24.2 Å². The summed E-state index contributed by atoms with van der Waals surface area (Å²) in [5.74, 6) is 0.317. The van der Waals surface area contributed by atoms with Crippen LogP contribution in [0.25, 0.3) is 10.8 Å². The van der Waals surface area contributed by atoms with Crippen molar-refractivity contribution in [2.45, 2.75) is 63.5 Å². The lowest BCUT2D eigenvalue weighted by atomic mass is 9.63. The Hall–Kier alpha value is -6.62. The lowest BCUT2D eigenvalue weighted by Gasteiger charge is -2.38. The van der Waals surface area contributed by atoms with Crippen LogP contribution in [0.2, 0.25) is 0 Å². The number of aromatic nitrogens is 3. The third-order valence-corrected chi connectivity index (χ3v) is 13.4. The number of methoxy groups -OCH3 is 1. The summed E-state index contributed by atoms with van der Waals surface area (Å²) in [5.41, 5.74) is 5.65. The van der Waals surface area contributed by atoms with Gasteiger partial charge in [0.05, 0.1) is 42.9 Å². The standard InChI is InChI=1S/C51H47N5O5/c1-32-46(50(2,3)36-22-26-38(60-4)27-23-36)44(28-29-54-31-41(52-53-54)47(57)35-12-6-5-7-13-35)61-51(32)40-17-8-9-18-42(40)55(49(51)59)30-33-20-24-37(25-21-33)56-43-19-11-15-34-14-10-16-39(45(34)43)48(56)58/h5-27,31-32,44,46-47,57H,28-30H2,1-4H3/t32-,44+,46-,47+,51+/m0/s1. The van der Waals surface area contributed by atoms with E-state index in [4.69, 9.17) is 9.47 Å². The van der Waals surface area contributed by atoms with Gasteiger partial charge in [-0.25, -0.2) is 0 Å².